The molecule has 3 amide bonds. The van der Waals surface area contributed by atoms with E-state index < -0.39 is 24.5 Å². The summed E-state index contributed by atoms with van der Waals surface area (Å²) in [6.07, 6.45) is 3.97. The summed E-state index contributed by atoms with van der Waals surface area (Å²) in [6.45, 7) is 2.71. The quantitative estimate of drug-likeness (QED) is 0.182. The first kappa shape index (κ1) is 29.5. The van der Waals surface area contributed by atoms with Crippen molar-refractivity contribution in [3.05, 3.63) is 83.9 Å². The van der Waals surface area contributed by atoms with Gasteiger partial charge in [0.2, 0.25) is 0 Å². The van der Waals surface area contributed by atoms with Crippen LogP contribution in [0.3, 0.4) is 0 Å². The molecule has 0 bridgehead atoms. The van der Waals surface area contributed by atoms with Crippen LogP contribution >= 0.6 is 0 Å². The van der Waals surface area contributed by atoms with E-state index in [2.05, 4.69) is 20.3 Å². The summed E-state index contributed by atoms with van der Waals surface area (Å²) in [6, 6.07) is 15.7. The topological polar surface area (TPSA) is 149 Å². The third-order valence-electron chi connectivity index (χ3n) is 8.08. The second-order valence-corrected chi connectivity index (χ2v) is 10.9. The van der Waals surface area contributed by atoms with Gasteiger partial charge in [-0.1, -0.05) is 50.1 Å². The predicted octanol–water partition coefficient (Wildman–Crippen LogP) is 3.99. The molecule has 2 aliphatic rings. The predicted molar refractivity (Wildman–Crippen MR) is 160 cm³/mol. The summed E-state index contributed by atoms with van der Waals surface area (Å²) in [5.41, 5.74) is 2.26. The van der Waals surface area contributed by atoms with E-state index in [0.29, 0.717) is 53.8 Å². The number of unbranched alkanes of at least 4 members (excludes halogenated alkanes) is 3. The molecule has 4 atom stereocenters. The number of nitrogens with zero attached hydrogens (tertiary/aromatic N) is 5. The Morgan fingerprint density at radius 2 is 1.66 bits per heavy atom. The van der Waals surface area contributed by atoms with E-state index in [9.17, 15) is 19.5 Å². The van der Waals surface area contributed by atoms with Gasteiger partial charge >= 0.3 is 0 Å². The smallest absolute Gasteiger partial charge is 0.261 e. The van der Waals surface area contributed by atoms with Crippen LogP contribution in [0.15, 0.2) is 67.3 Å². The number of imidazole rings is 1. The Balaban J connectivity index is 1.05. The summed E-state index contributed by atoms with van der Waals surface area (Å²) in [5, 5.41) is 13.8. The van der Waals surface area contributed by atoms with Gasteiger partial charge in [-0.25, -0.2) is 15.0 Å². The highest BCUT2D eigenvalue weighted by Crippen LogP contribution is 2.35. The number of benzene rings is 2. The average molecular weight is 599 g/mol. The molecule has 12 heteroatoms. The molecule has 4 heterocycles. The van der Waals surface area contributed by atoms with Gasteiger partial charge < -0.3 is 19.9 Å². The van der Waals surface area contributed by atoms with Crippen LogP contribution in [0.4, 0.5) is 5.82 Å². The van der Waals surface area contributed by atoms with Crippen molar-refractivity contribution in [3.8, 4) is 0 Å². The lowest BCUT2D eigenvalue weighted by Gasteiger charge is -2.22. The lowest BCUT2D eigenvalue weighted by molar-refractivity contribution is -0.0677. The lowest BCUT2D eigenvalue weighted by atomic mass is 10.1. The molecule has 6 rings (SSSR count). The number of aromatic nitrogens is 4. The molecule has 2 aromatic carbocycles. The molecule has 0 aliphatic carbocycles. The van der Waals surface area contributed by atoms with Gasteiger partial charge in [0.15, 0.2) is 23.2 Å². The van der Waals surface area contributed by atoms with Gasteiger partial charge in [-0.05, 0) is 43.5 Å². The maximum absolute atomic E-state index is 12.7. The second-order valence-electron chi connectivity index (χ2n) is 10.9. The zero-order valence-corrected chi connectivity index (χ0v) is 24.3. The molecule has 12 nitrogen and oxygen atoms in total. The number of amides is 3. The minimum absolute atomic E-state index is 0.233. The average Bonchev–Trinajstić information content (AvgIpc) is 3.69. The molecule has 4 aromatic rings. The van der Waals surface area contributed by atoms with Crippen LogP contribution in [0, 0.1) is 0 Å². The Morgan fingerprint density at radius 3 is 2.39 bits per heavy atom. The number of ether oxygens (including phenoxy) is 2. The van der Waals surface area contributed by atoms with E-state index in [1.165, 1.54) is 11.2 Å². The van der Waals surface area contributed by atoms with Crippen molar-refractivity contribution < 1.29 is 29.0 Å². The molecule has 2 aliphatic heterocycles. The Hall–Kier alpha value is -4.52. The van der Waals surface area contributed by atoms with Crippen molar-refractivity contribution in [3.63, 3.8) is 0 Å². The van der Waals surface area contributed by atoms with Crippen LogP contribution in [0.5, 0.6) is 0 Å². The number of anilines is 1. The number of hydrogen-bond donors (Lipinski definition) is 2. The van der Waals surface area contributed by atoms with Crippen molar-refractivity contribution in [2.75, 3.05) is 18.5 Å². The van der Waals surface area contributed by atoms with Crippen LogP contribution in [0.25, 0.3) is 11.2 Å². The normalized spacial score (nSPS) is 21.3. The maximum atomic E-state index is 12.7. The van der Waals surface area contributed by atoms with E-state index in [0.717, 1.165) is 19.3 Å². The molecule has 2 N–H and O–H groups in total. The molecule has 1 unspecified atom stereocenters. The molecular weight excluding hydrogens is 564 g/mol. The highest BCUT2D eigenvalue weighted by molar-refractivity contribution is 6.21. The summed E-state index contributed by atoms with van der Waals surface area (Å²) in [4.78, 5) is 52.2. The van der Waals surface area contributed by atoms with Gasteiger partial charge in [0.05, 0.1) is 23.6 Å². The van der Waals surface area contributed by atoms with Crippen LogP contribution in [-0.2, 0) is 9.47 Å². The minimum Gasteiger partial charge on any atom is -0.388 e. The molecule has 228 valence electrons. The number of aliphatic hydroxyl groups is 1. The molecular formula is C32H34N6O6. The van der Waals surface area contributed by atoms with Crippen molar-refractivity contribution in [2.45, 2.75) is 63.6 Å². The first-order valence-electron chi connectivity index (χ1n) is 14.9. The largest absolute Gasteiger partial charge is 0.388 e. The van der Waals surface area contributed by atoms with Crippen LogP contribution in [-0.4, -0.2) is 78.7 Å². The van der Waals surface area contributed by atoms with Gasteiger partial charge in [0, 0.05) is 18.7 Å². The van der Waals surface area contributed by atoms with E-state index in [1.807, 2.05) is 13.0 Å². The second kappa shape index (κ2) is 13.0. The molecule has 0 spiro atoms. The fourth-order valence-electron chi connectivity index (χ4n) is 5.75. The number of carbonyl (C=O) groups is 3. The number of aliphatic hydroxyl groups excluding tert-OH is 1. The van der Waals surface area contributed by atoms with Gasteiger partial charge in [-0.3, -0.25) is 23.9 Å². The molecule has 2 aromatic heterocycles. The van der Waals surface area contributed by atoms with Crippen molar-refractivity contribution in [1.29, 1.82) is 0 Å². The third kappa shape index (κ3) is 5.71. The zero-order chi connectivity index (χ0) is 30.6. The maximum Gasteiger partial charge on any atom is 0.261 e. The first-order chi connectivity index (χ1) is 21.5. The Kier molecular flexibility index (Phi) is 8.73. The third-order valence-corrected chi connectivity index (χ3v) is 8.08. The van der Waals surface area contributed by atoms with Crippen molar-refractivity contribution >= 4 is 34.7 Å². The molecule has 0 saturated carbocycles. The number of carbonyl (C=O) groups excluding carboxylic acids is 3. The van der Waals surface area contributed by atoms with Crippen molar-refractivity contribution in [2.24, 2.45) is 0 Å². The SMILES string of the molecule is CC[C@H]1O[C@@H](n2cnc3c(NC(=O)c4ccccc4)ncnc32)[C@@H](OCCCCCCN2C(=O)c3ccccc3C2=O)C1O. The lowest BCUT2D eigenvalue weighted by Crippen LogP contribution is -2.34. The van der Waals surface area contributed by atoms with Gasteiger partial charge in [-0.2, -0.15) is 0 Å². The molecule has 44 heavy (non-hydrogen) atoms. The summed E-state index contributed by atoms with van der Waals surface area (Å²) < 4.78 is 14.1. The number of nitrogens with one attached hydrogen (secondary N) is 1. The first-order valence-corrected chi connectivity index (χ1v) is 14.9. The van der Waals surface area contributed by atoms with E-state index >= 15 is 0 Å². The summed E-state index contributed by atoms with van der Waals surface area (Å²) in [5.74, 6) is -0.511. The van der Waals surface area contributed by atoms with Crippen LogP contribution in [0.2, 0.25) is 0 Å². The zero-order valence-electron chi connectivity index (χ0n) is 24.3. The highest BCUT2D eigenvalue weighted by Gasteiger charge is 2.45. The fraction of sp³-hybridized carbons (Fsp3) is 0.375. The van der Waals surface area contributed by atoms with Gasteiger partial charge in [0.25, 0.3) is 17.7 Å². The number of fused-ring (bicyclic) bond motifs is 2. The summed E-state index contributed by atoms with van der Waals surface area (Å²) in [7, 11) is 0. The van der Waals surface area contributed by atoms with Crippen LogP contribution < -0.4 is 5.32 Å². The van der Waals surface area contributed by atoms with Crippen molar-refractivity contribution in [1.82, 2.24) is 24.4 Å². The van der Waals surface area contributed by atoms with E-state index in [1.54, 1.807) is 59.4 Å². The summed E-state index contributed by atoms with van der Waals surface area (Å²) >= 11 is 0. The van der Waals surface area contributed by atoms with Crippen LogP contribution in [0.1, 0.15) is 76.3 Å². The number of hydrogen-bond acceptors (Lipinski definition) is 9. The van der Waals surface area contributed by atoms with E-state index in [4.69, 9.17) is 9.47 Å². The molecule has 1 saturated heterocycles. The Bertz CT molecular complexity index is 1620. The minimum atomic E-state index is -0.852. The van der Waals surface area contributed by atoms with E-state index in [-0.39, 0.29) is 23.5 Å². The number of rotatable bonds is 12. The standard InChI is InChI=1S/C32H34N6O6/c1-2-23-25(39)26(43-17-11-4-3-10-16-37-30(41)21-14-8-9-15-22(21)31(37)42)32(44-23)38-19-35-24-27(33-18-34-28(24)38)36-29(40)20-12-6-5-7-13-20/h5-9,12-15,18-19,23,25-26,32,39H,2-4,10-11,16-17H2,1H3,(H,33,34,36,40)/t23-,25?,26+,32-/m1/s1. The highest BCUT2D eigenvalue weighted by atomic mass is 16.6. The monoisotopic (exact) mass is 598 g/mol. The van der Waals surface area contributed by atoms with Gasteiger partial charge in [0.1, 0.15) is 18.5 Å². The number of imide groups is 1. The Labute approximate surface area is 254 Å². The molecule has 1 fully saturated rings. The molecule has 0 radical (unpaired) electrons. The van der Waals surface area contributed by atoms with Gasteiger partial charge in [-0.15, -0.1) is 0 Å². The Morgan fingerprint density at radius 1 is 0.955 bits per heavy atom. The fourth-order valence-corrected chi connectivity index (χ4v) is 5.75.